The highest BCUT2D eigenvalue weighted by molar-refractivity contribution is 7.12. The zero-order valence-corrected chi connectivity index (χ0v) is 16.1. The zero-order valence-electron chi connectivity index (χ0n) is 15.1. The molecule has 3 aromatic carbocycles. The van der Waals surface area contributed by atoms with E-state index < -0.39 is 8.07 Å². The first-order valence-electron chi connectivity index (χ1n) is 9.30. The molecule has 0 aromatic heterocycles. The highest BCUT2D eigenvalue weighted by atomic mass is 28.3. The Kier molecular flexibility index (Phi) is 4.87. The van der Waals surface area contributed by atoms with E-state index in [9.17, 15) is 5.26 Å². The summed E-state index contributed by atoms with van der Waals surface area (Å²) in [4.78, 5) is 0. The molecule has 0 N–H and O–H groups in total. The number of rotatable bonds is 4. The quantitative estimate of drug-likeness (QED) is 0.509. The predicted octanol–water partition coefficient (Wildman–Crippen LogP) is 3.91. The smallest absolute Gasteiger partial charge is 0.155 e. The van der Waals surface area contributed by atoms with Gasteiger partial charge in [-0.2, -0.15) is 5.26 Å². The standard InChI is InChI=1S/C25H21NSi/c26-20-21-11-10-18-25(19-21)27(22-12-4-1-5-13-22,23-14-6-2-7-15-23)24-16-8-3-9-17-24/h1-16,18-19,24H,17H2. The molecule has 0 saturated carbocycles. The lowest BCUT2D eigenvalue weighted by Crippen LogP contribution is -2.69. The molecule has 1 nitrogen and oxygen atoms in total. The van der Waals surface area contributed by atoms with Gasteiger partial charge in [-0.15, -0.1) is 0 Å². The van der Waals surface area contributed by atoms with Gasteiger partial charge in [0.2, 0.25) is 0 Å². The molecule has 1 aliphatic rings. The molecule has 3 aromatic rings. The molecule has 0 bridgehead atoms. The van der Waals surface area contributed by atoms with Gasteiger partial charge in [-0.25, -0.2) is 0 Å². The van der Waals surface area contributed by atoms with Crippen LogP contribution in [0.3, 0.4) is 0 Å². The largest absolute Gasteiger partial charge is 0.192 e. The van der Waals surface area contributed by atoms with Crippen LogP contribution in [0.15, 0.2) is 109 Å². The summed E-state index contributed by atoms with van der Waals surface area (Å²) in [5, 5.41) is 13.6. The van der Waals surface area contributed by atoms with Gasteiger partial charge in [0.1, 0.15) is 0 Å². The van der Waals surface area contributed by atoms with Crippen LogP contribution < -0.4 is 15.6 Å². The van der Waals surface area contributed by atoms with E-state index in [0.29, 0.717) is 5.54 Å². The number of benzene rings is 3. The van der Waals surface area contributed by atoms with Crippen LogP contribution in [0.2, 0.25) is 5.54 Å². The van der Waals surface area contributed by atoms with Crippen LogP contribution >= 0.6 is 0 Å². The van der Waals surface area contributed by atoms with Crippen molar-refractivity contribution in [1.82, 2.24) is 0 Å². The number of hydrogen-bond donors (Lipinski definition) is 0. The fourth-order valence-corrected chi connectivity index (χ4v) is 9.63. The predicted molar refractivity (Wildman–Crippen MR) is 115 cm³/mol. The van der Waals surface area contributed by atoms with Crippen molar-refractivity contribution in [2.45, 2.75) is 12.0 Å². The van der Waals surface area contributed by atoms with E-state index in [1.165, 1.54) is 15.6 Å². The molecule has 0 radical (unpaired) electrons. The highest BCUT2D eigenvalue weighted by Crippen LogP contribution is 2.30. The monoisotopic (exact) mass is 363 g/mol. The molecule has 27 heavy (non-hydrogen) atoms. The topological polar surface area (TPSA) is 23.8 Å². The van der Waals surface area contributed by atoms with Gasteiger partial charge >= 0.3 is 0 Å². The molecule has 1 atom stereocenters. The maximum atomic E-state index is 9.52. The normalized spacial score (nSPS) is 16.0. The number of nitrogens with zero attached hydrogens (tertiary/aromatic N) is 1. The van der Waals surface area contributed by atoms with Crippen LogP contribution in [0.1, 0.15) is 12.0 Å². The lowest BCUT2D eigenvalue weighted by atomic mass is 10.2. The molecular formula is C25H21NSi. The minimum Gasteiger partial charge on any atom is -0.192 e. The van der Waals surface area contributed by atoms with Gasteiger partial charge < -0.3 is 0 Å². The lowest BCUT2D eigenvalue weighted by Gasteiger charge is -2.40. The minimum atomic E-state index is -2.36. The van der Waals surface area contributed by atoms with E-state index in [1.54, 1.807) is 0 Å². The van der Waals surface area contributed by atoms with E-state index in [1.807, 2.05) is 12.1 Å². The third-order valence-corrected chi connectivity index (χ3v) is 10.7. The van der Waals surface area contributed by atoms with Crippen LogP contribution in [0, 0.1) is 11.3 Å². The van der Waals surface area contributed by atoms with Crippen molar-refractivity contribution in [2.24, 2.45) is 0 Å². The first-order valence-corrected chi connectivity index (χ1v) is 11.4. The SMILES string of the molecule is N#Cc1cccc([Si](c2ccccc2)(c2ccccc2)C2C=CC=CC2)c1. The Labute approximate surface area is 161 Å². The molecule has 0 amide bonds. The summed E-state index contributed by atoms with van der Waals surface area (Å²) in [6, 6.07) is 32.4. The average Bonchev–Trinajstić information content (AvgIpc) is 2.77. The third kappa shape index (κ3) is 3.07. The molecule has 130 valence electrons. The van der Waals surface area contributed by atoms with Crippen LogP contribution in [0.5, 0.6) is 0 Å². The molecular weight excluding hydrogens is 342 g/mol. The second-order valence-corrected chi connectivity index (χ2v) is 11.0. The second-order valence-electron chi connectivity index (χ2n) is 6.89. The first kappa shape index (κ1) is 17.3. The maximum absolute atomic E-state index is 9.52. The van der Waals surface area contributed by atoms with Gasteiger partial charge in [-0.1, -0.05) is 97.1 Å². The summed E-state index contributed by atoms with van der Waals surface area (Å²) in [6.45, 7) is 0. The lowest BCUT2D eigenvalue weighted by molar-refractivity contribution is 0.997. The molecule has 2 heteroatoms. The van der Waals surface area contributed by atoms with Crippen molar-refractivity contribution >= 4 is 23.6 Å². The number of nitriles is 1. The summed E-state index contributed by atoms with van der Waals surface area (Å²) in [5.41, 5.74) is 1.13. The van der Waals surface area contributed by atoms with Gasteiger partial charge in [0, 0.05) is 0 Å². The molecule has 0 fully saturated rings. The van der Waals surface area contributed by atoms with Gasteiger partial charge in [-0.3, -0.25) is 0 Å². The van der Waals surface area contributed by atoms with Gasteiger partial charge in [0.25, 0.3) is 0 Å². The summed E-state index contributed by atoms with van der Waals surface area (Å²) < 4.78 is 0. The zero-order chi connectivity index (χ0) is 18.5. The Balaban J connectivity index is 2.07. The second kappa shape index (κ2) is 7.61. The van der Waals surface area contributed by atoms with Crippen molar-refractivity contribution in [2.75, 3.05) is 0 Å². The van der Waals surface area contributed by atoms with E-state index in [0.717, 1.165) is 12.0 Å². The Hall–Kier alpha value is -3.15. The fourth-order valence-electron chi connectivity index (χ4n) is 4.28. The molecule has 1 unspecified atom stereocenters. The summed E-state index contributed by atoms with van der Waals surface area (Å²) in [6.07, 6.45) is 9.97. The molecule has 0 spiro atoms. The van der Waals surface area contributed by atoms with Crippen molar-refractivity contribution < 1.29 is 0 Å². The van der Waals surface area contributed by atoms with Crippen molar-refractivity contribution in [3.63, 3.8) is 0 Å². The van der Waals surface area contributed by atoms with Crippen molar-refractivity contribution in [1.29, 1.82) is 5.26 Å². The maximum Gasteiger partial charge on any atom is 0.155 e. The van der Waals surface area contributed by atoms with Crippen LogP contribution in [-0.4, -0.2) is 8.07 Å². The summed E-state index contributed by atoms with van der Waals surface area (Å²) in [7, 11) is -2.36. The molecule has 0 heterocycles. The van der Waals surface area contributed by atoms with Gasteiger partial charge in [0.05, 0.1) is 11.6 Å². The molecule has 0 saturated heterocycles. The summed E-state index contributed by atoms with van der Waals surface area (Å²) >= 11 is 0. The average molecular weight is 364 g/mol. The summed E-state index contributed by atoms with van der Waals surface area (Å²) in [5.74, 6) is 0. The Bertz CT molecular complexity index is 973. The van der Waals surface area contributed by atoms with Crippen LogP contribution in [0.4, 0.5) is 0 Å². The van der Waals surface area contributed by atoms with Crippen LogP contribution in [0.25, 0.3) is 0 Å². The molecule has 4 rings (SSSR count). The van der Waals surface area contributed by atoms with Crippen molar-refractivity contribution in [3.8, 4) is 6.07 Å². The van der Waals surface area contributed by atoms with Crippen molar-refractivity contribution in [3.05, 3.63) is 115 Å². The highest BCUT2D eigenvalue weighted by Gasteiger charge is 2.45. The Morgan fingerprint density at radius 3 is 1.93 bits per heavy atom. The van der Waals surface area contributed by atoms with Gasteiger partial charge in [0.15, 0.2) is 8.07 Å². The molecule has 0 aliphatic heterocycles. The van der Waals surface area contributed by atoms with Gasteiger partial charge in [-0.05, 0) is 39.7 Å². The third-order valence-electron chi connectivity index (χ3n) is 5.44. The Morgan fingerprint density at radius 1 is 0.741 bits per heavy atom. The number of allylic oxidation sites excluding steroid dienone is 4. The number of hydrogen-bond acceptors (Lipinski definition) is 1. The molecule has 1 aliphatic carbocycles. The van der Waals surface area contributed by atoms with E-state index >= 15 is 0 Å². The fraction of sp³-hybridized carbons (Fsp3) is 0.0800. The van der Waals surface area contributed by atoms with E-state index in [-0.39, 0.29) is 0 Å². The Morgan fingerprint density at radius 2 is 1.37 bits per heavy atom. The van der Waals surface area contributed by atoms with E-state index in [4.69, 9.17) is 0 Å². The minimum absolute atomic E-state index is 0.404. The van der Waals surface area contributed by atoms with E-state index in [2.05, 4.69) is 103 Å². The first-order chi connectivity index (χ1) is 13.4. The van der Waals surface area contributed by atoms with Crippen LogP contribution in [-0.2, 0) is 0 Å².